The van der Waals surface area contributed by atoms with Gasteiger partial charge in [-0.2, -0.15) is 0 Å². The summed E-state index contributed by atoms with van der Waals surface area (Å²) in [6.45, 7) is 1.71. The zero-order valence-electron chi connectivity index (χ0n) is 6.90. The molecule has 0 aliphatic carbocycles. The molecule has 0 spiro atoms. The van der Waals surface area contributed by atoms with Crippen LogP contribution in [0.5, 0.6) is 0 Å². The molecule has 0 aliphatic heterocycles. The molecule has 0 atom stereocenters. The van der Waals surface area contributed by atoms with Gasteiger partial charge in [0, 0.05) is 12.0 Å². The lowest BCUT2D eigenvalue weighted by Crippen LogP contribution is -1.99. The third-order valence-corrected chi connectivity index (χ3v) is 2.64. The van der Waals surface area contributed by atoms with Gasteiger partial charge >= 0.3 is 0 Å². The number of halogens is 3. The number of hydrogen-bond acceptors (Lipinski definition) is 1. The van der Waals surface area contributed by atoms with Crippen molar-refractivity contribution >= 4 is 33.3 Å². The first-order chi connectivity index (χ1) is 6.07. The molecular weight excluding hydrogens is 258 g/mol. The highest BCUT2D eigenvalue weighted by Crippen LogP contribution is 2.27. The predicted octanol–water partition coefficient (Wildman–Crippen LogP) is 3.83. The minimum atomic E-state index is -0.582. The van der Waals surface area contributed by atoms with E-state index in [0.717, 1.165) is 0 Å². The van der Waals surface area contributed by atoms with E-state index in [4.69, 9.17) is 11.6 Å². The molecule has 0 saturated carbocycles. The molecule has 0 fully saturated rings. The normalized spacial score (nSPS) is 10.2. The first-order valence-corrected chi connectivity index (χ1v) is 4.91. The van der Waals surface area contributed by atoms with Crippen LogP contribution in [0.3, 0.4) is 0 Å². The third-order valence-electron chi connectivity index (χ3n) is 1.66. The third kappa shape index (κ3) is 2.09. The minimum absolute atomic E-state index is 0.110. The number of rotatable bonds is 2. The zero-order chi connectivity index (χ0) is 10.0. The van der Waals surface area contributed by atoms with E-state index in [1.165, 1.54) is 12.1 Å². The van der Waals surface area contributed by atoms with E-state index in [1.54, 1.807) is 6.92 Å². The summed E-state index contributed by atoms with van der Waals surface area (Å²) in [4.78, 5) is 11.2. The second-order valence-electron chi connectivity index (χ2n) is 2.50. The fourth-order valence-electron chi connectivity index (χ4n) is 0.932. The molecule has 0 heterocycles. The van der Waals surface area contributed by atoms with Gasteiger partial charge in [-0.25, -0.2) is 4.39 Å². The van der Waals surface area contributed by atoms with Gasteiger partial charge in [0.1, 0.15) is 0 Å². The van der Waals surface area contributed by atoms with E-state index in [0.29, 0.717) is 6.42 Å². The van der Waals surface area contributed by atoms with Gasteiger partial charge in [0.2, 0.25) is 0 Å². The summed E-state index contributed by atoms with van der Waals surface area (Å²) in [6.07, 6.45) is 0.320. The number of hydrogen-bond donors (Lipinski definition) is 0. The average molecular weight is 266 g/mol. The molecule has 4 heteroatoms. The Kier molecular flexibility index (Phi) is 3.45. The van der Waals surface area contributed by atoms with Gasteiger partial charge in [-0.15, -0.1) is 0 Å². The van der Waals surface area contributed by atoms with Crippen LogP contribution in [-0.4, -0.2) is 5.78 Å². The van der Waals surface area contributed by atoms with Crippen LogP contribution < -0.4 is 0 Å². The fourth-order valence-corrected chi connectivity index (χ4v) is 1.65. The molecule has 70 valence electrons. The summed E-state index contributed by atoms with van der Waals surface area (Å²) in [5, 5.41) is -0.110. The van der Waals surface area contributed by atoms with Crippen molar-refractivity contribution in [3.63, 3.8) is 0 Å². The van der Waals surface area contributed by atoms with Crippen molar-refractivity contribution in [2.45, 2.75) is 13.3 Å². The Labute approximate surface area is 89.0 Å². The van der Waals surface area contributed by atoms with Crippen LogP contribution >= 0.6 is 27.5 Å². The van der Waals surface area contributed by atoms with Crippen LogP contribution in [0.4, 0.5) is 4.39 Å². The molecular formula is C9H7BrClFO. The lowest BCUT2D eigenvalue weighted by molar-refractivity contribution is 0.0988. The average Bonchev–Trinajstić information content (AvgIpc) is 2.13. The summed E-state index contributed by atoms with van der Waals surface area (Å²) in [5.74, 6) is -0.739. The Balaban J connectivity index is 3.26. The maximum absolute atomic E-state index is 13.2. The molecule has 13 heavy (non-hydrogen) atoms. The van der Waals surface area contributed by atoms with Gasteiger partial charge in [0.05, 0.1) is 9.50 Å². The highest BCUT2D eigenvalue weighted by atomic mass is 79.9. The van der Waals surface area contributed by atoms with Crippen molar-refractivity contribution in [3.8, 4) is 0 Å². The van der Waals surface area contributed by atoms with Crippen LogP contribution in [0.1, 0.15) is 23.7 Å². The van der Waals surface area contributed by atoms with Gasteiger partial charge in [0.15, 0.2) is 11.6 Å². The first-order valence-electron chi connectivity index (χ1n) is 3.74. The standard InChI is InChI=1S/C9H7BrClFO/c1-2-7(13)5-3-4-6(10)9(12)8(5)11/h3-4H,2H2,1H3. The van der Waals surface area contributed by atoms with Crippen molar-refractivity contribution in [3.05, 3.63) is 33.0 Å². The molecule has 0 aliphatic rings. The van der Waals surface area contributed by atoms with E-state index < -0.39 is 5.82 Å². The number of Topliss-reactive ketones (excluding diaryl/α,β-unsaturated/α-hetero) is 1. The predicted molar refractivity (Wildman–Crippen MR) is 53.7 cm³/mol. The van der Waals surface area contributed by atoms with Gasteiger partial charge in [-0.05, 0) is 28.1 Å². The molecule has 1 rings (SSSR count). The van der Waals surface area contributed by atoms with Crippen molar-refractivity contribution in [1.29, 1.82) is 0 Å². The molecule has 1 nitrogen and oxygen atoms in total. The molecule has 0 bridgehead atoms. The molecule has 1 aromatic carbocycles. The van der Waals surface area contributed by atoms with Gasteiger partial charge < -0.3 is 0 Å². The summed E-state index contributed by atoms with van der Waals surface area (Å²) in [5.41, 5.74) is 0.241. The topological polar surface area (TPSA) is 17.1 Å². The Bertz CT molecular complexity index is 352. The van der Waals surface area contributed by atoms with Crippen molar-refractivity contribution in [1.82, 2.24) is 0 Å². The van der Waals surface area contributed by atoms with E-state index >= 15 is 0 Å². The van der Waals surface area contributed by atoms with E-state index in [9.17, 15) is 9.18 Å². The molecule has 0 saturated heterocycles. The summed E-state index contributed by atoms with van der Waals surface area (Å²) < 4.78 is 13.4. The lowest BCUT2D eigenvalue weighted by Gasteiger charge is -2.03. The Morgan fingerprint density at radius 1 is 1.62 bits per heavy atom. The van der Waals surface area contributed by atoms with Crippen LogP contribution in [0.2, 0.25) is 5.02 Å². The summed E-state index contributed by atoms with van der Waals surface area (Å²) in [6, 6.07) is 2.99. The number of ketones is 1. The molecule has 1 aromatic rings. The van der Waals surface area contributed by atoms with Crippen LogP contribution in [0.25, 0.3) is 0 Å². The van der Waals surface area contributed by atoms with Crippen molar-refractivity contribution in [2.24, 2.45) is 0 Å². The number of benzene rings is 1. The molecule has 0 unspecified atom stereocenters. The maximum Gasteiger partial charge on any atom is 0.164 e. The highest BCUT2D eigenvalue weighted by molar-refractivity contribution is 9.10. The van der Waals surface area contributed by atoms with Crippen LogP contribution in [0, 0.1) is 5.82 Å². The Morgan fingerprint density at radius 2 is 2.23 bits per heavy atom. The molecule has 0 aromatic heterocycles. The second-order valence-corrected chi connectivity index (χ2v) is 3.73. The van der Waals surface area contributed by atoms with E-state index in [-0.39, 0.29) is 20.8 Å². The van der Waals surface area contributed by atoms with Crippen molar-refractivity contribution in [2.75, 3.05) is 0 Å². The van der Waals surface area contributed by atoms with Crippen molar-refractivity contribution < 1.29 is 9.18 Å². The summed E-state index contributed by atoms with van der Waals surface area (Å²) in [7, 11) is 0. The Hall–Kier alpha value is -0.410. The first kappa shape index (κ1) is 10.7. The van der Waals surface area contributed by atoms with Gasteiger partial charge in [0.25, 0.3) is 0 Å². The number of carbonyl (C=O) groups is 1. The minimum Gasteiger partial charge on any atom is -0.294 e. The monoisotopic (exact) mass is 264 g/mol. The van der Waals surface area contributed by atoms with Crippen LogP contribution in [0.15, 0.2) is 16.6 Å². The van der Waals surface area contributed by atoms with E-state index in [1.807, 2.05) is 0 Å². The molecule has 0 N–H and O–H groups in total. The molecule has 0 amide bonds. The lowest BCUT2D eigenvalue weighted by atomic mass is 10.1. The highest BCUT2D eigenvalue weighted by Gasteiger charge is 2.14. The Morgan fingerprint density at radius 3 is 2.77 bits per heavy atom. The second kappa shape index (κ2) is 4.20. The smallest absolute Gasteiger partial charge is 0.164 e. The quantitative estimate of drug-likeness (QED) is 0.586. The van der Waals surface area contributed by atoms with E-state index in [2.05, 4.69) is 15.9 Å². The zero-order valence-corrected chi connectivity index (χ0v) is 9.25. The molecule has 0 radical (unpaired) electrons. The number of carbonyl (C=O) groups excluding carboxylic acids is 1. The summed E-state index contributed by atoms with van der Waals surface area (Å²) >= 11 is 8.63. The SMILES string of the molecule is CCC(=O)c1ccc(Br)c(F)c1Cl. The van der Waals surface area contributed by atoms with Gasteiger partial charge in [-0.1, -0.05) is 18.5 Å². The largest absolute Gasteiger partial charge is 0.294 e. The van der Waals surface area contributed by atoms with Gasteiger partial charge in [-0.3, -0.25) is 4.79 Å². The maximum atomic E-state index is 13.2. The fraction of sp³-hybridized carbons (Fsp3) is 0.222. The van der Waals surface area contributed by atoms with Crippen LogP contribution in [-0.2, 0) is 0 Å².